The molecule has 0 aromatic heterocycles. The number of hydrogen-bond acceptors (Lipinski definition) is 7. The van der Waals surface area contributed by atoms with Gasteiger partial charge >= 0.3 is 27.0 Å². The Morgan fingerprint density at radius 3 is 1.81 bits per heavy atom. The van der Waals surface area contributed by atoms with E-state index in [9.17, 15) is 14.4 Å². The van der Waals surface area contributed by atoms with Crippen molar-refractivity contribution in [2.75, 3.05) is 34.0 Å². The normalized spacial score (nSPS) is 20.7. The molecule has 1 atom stereocenters. The smallest absolute Gasteiger partial charge is 0.566 e. The standard InChI is InChI=1S/C7H9NO2.C6H12O2.C6H8O2.C2H5O.CH3.W/c1-4-5(2)7(10)8(3)6(4)9;1-6(3-7-2)4-8-5-6;1-4-3-5(2)8-6(4)7;1-2-3;;/h1-3H3;3-5H2,1-2H3;5H,1,3H2,2H3;2-3H,1H3;1H3;/q;;;2*-1;+2/i;;;;1D;. The number of esters is 1. The van der Waals surface area contributed by atoms with Crippen molar-refractivity contribution in [3.8, 4) is 0 Å². The van der Waals surface area contributed by atoms with Crippen LogP contribution in [0.4, 0.5) is 0 Å². The number of imide groups is 1. The van der Waals surface area contributed by atoms with E-state index in [4.69, 9.17) is 20.7 Å². The molecule has 3 aliphatic rings. The van der Waals surface area contributed by atoms with Crippen LogP contribution in [-0.2, 0) is 49.7 Å². The van der Waals surface area contributed by atoms with Crippen molar-refractivity contribution in [3.05, 3.63) is 37.3 Å². The molecule has 0 saturated carbocycles. The molecule has 0 radical (unpaired) electrons. The molecule has 0 aliphatic carbocycles. The van der Waals surface area contributed by atoms with Crippen LogP contribution in [0.2, 0.25) is 0 Å². The molecule has 2 amide bonds. The third-order valence-corrected chi connectivity index (χ3v) is 4.34. The molecule has 3 rings (SSSR count). The van der Waals surface area contributed by atoms with E-state index < -0.39 is 0 Å². The molecule has 1 unspecified atom stereocenters. The Hall–Kier alpha value is -1.34. The second-order valence-corrected chi connectivity index (χ2v) is 7.44. The van der Waals surface area contributed by atoms with Crippen molar-refractivity contribution in [2.45, 2.75) is 47.1 Å². The van der Waals surface area contributed by atoms with Crippen molar-refractivity contribution in [1.29, 1.82) is 0 Å². The Kier molecular flexibility index (Phi) is 16.8. The van der Waals surface area contributed by atoms with Crippen LogP contribution in [0, 0.1) is 19.4 Å². The van der Waals surface area contributed by atoms with Crippen molar-refractivity contribution in [1.82, 2.24) is 4.90 Å². The fourth-order valence-corrected chi connectivity index (χ4v) is 2.54. The number of methoxy groups -OCH3 is 1. The zero-order chi connectivity index (χ0) is 24.8. The number of carbonyl (C=O) groups excluding carboxylic acids is 3. The molecular formula is C22H37NO7W. The summed E-state index contributed by atoms with van der Waals surface area (Å²) in [7, 11) is 5.72. The molecule has 8 nitrogen and oxygen atoms in total. The fraction of sp³-hybridized carbons (Fsp3) is 0.591. The number of aliphatic hydroxyl groups excluding tert-OH is 1. The average molecular weight is 612 g/mol. The second kappa shape index (κ2) is 16.3. The van der Waals surface area contributed by atoms with E-state index in [1.165, 1.54) is 7.05 Å². The van der Waals surface area contributed by atoms with Gasteiger partial charge in [-0.2, -0.15) is 6.92 Å². The van der Waals surface area contributed by atoms with Gasteiger partial charge in [-0.3, -0.25) is 14.5 Å². The van der Waals surface area contributed by atoms with Gasteiger partial charge in [-0.05, 0) is 20.8 Å². The van der Waals surface area contributed by atoms with Crippen molar-refractivity contribution in [3.63, 3.8) is 0 Å². The first-order valence-corrected chi connectivity index (χ1v) is 9.31. The molecule has 0 spiro atoms. The van der Waals surface area contributed by atoms with Crippen LogP contribution in [0.15, 0.2) is 23.3 Å². The number of aliphatic hydroxyl groups is 1. The largest absolute Gasteiger partial charge is 2.00 e. The summed E-state index contributed by atoms with van der Waals surface area (Å²) in [6.45, 7) is 16.0. The van der Waals surface area contributed by atoms with Crippen LogP contribution >= 0.6 is 0 Å². The topological polar surface area (TPSA) is 102 Å². The van der Waals surface area contributed by atoms with Crippen LogP contribution in [0.1, 0.15) is 42.4 Å². The summed E-state index contributed by atoms with van der Waals surface area (Å²) in [5.74, 6) is -0.595. The fourth-order valence-electron chi connectivity index (χ4n) is 2.54. The minimum Gasteiger partial charge on any atom is -0.566 e. The Morgan fingerprint density at radius 1 is 1.29 bits per heavy atom. The summed E-state index contributed by atoms with van der Waals surface area (Å²) >= 11 is 0. The van der Waals surface area contributed by atoms with Gasteiger partial charge in [0.15, 0.2) is 0 Å². The monoisotopic (exact) mass is 612 g/mol. The third kappa shape index (κ3) is 11.2. The van der Waals surface area contributed by atoms with Crippen LogP contribution in [-0.4, -0.2) is 67.9 Å². The zero-order valence-corrected chi connectivity index (χ0v) is 22.6. The maximum absolute atomic E-state index is 11.0. The van der Waals surface area contributed by atoms with Gasteiger partial charge in [0, 0.05) is 42.7 Å². The zero-order valence-electron chi connectivity index (χ0n) is 20.6. The Morgan fingerprint density at radius 2 is 1.71 bits per heavy atom. The van der Waals surface area contributed by atoms with Gasteiger partial charge in [0.1, 0.15) is 6.10 Å². The summed E-state index contributed by atoms with van der Waals surface area (Å²) in [5, 5.41) is 7.44. The number of hydrogen-bond donors (Lipinski definition) is 1. The number of carbonyl (C=O) groups is 3. The van der Waals surface area contributed by atoms with Gasteiger partial charge in [0.05, 0.1) is 19.8 Å². The van der Waals surface area contributed by atoms with Gasteiger partial charge in [-0.1, -0.05) is 13.5 Å². The summed E-state index contributed by atoms with van der Waals surface area (Å²) in [4.78, 5) is 33.5. The van der Waals surface area contributed by atoms with Crippen molar-refractivity contribution in [2.24, 2.45) is 5.41 Å². The second-order valence-electron chi connectivity index (χ2n) is 7.44. The first kappa shape index (κ1) is 31.8. The van der Waals surface area contributed by atoms with Gasteiger partial charge in [-0.15, -0.1) is 0 Å². The molecule has 3 heterocycles. The number of nitrogens with zero attached hydrogens (tertiary/aromatic N) is 1. The summed E-state index contributed by atoms with van der Waals surface area (Å²) in [5.41, 5.74) is 2.05. The van der Waals surface area contributed by atoms with Crippen molar-refractivity contribution >= 4 is 17.8 Å². The Bertz CT molecular complexity index is 608. The molecule has 2 fully saturated rings. The molecular weight excluding hydrogens is 574 g/mol. The van der Waals surface area contributed by atoms with E-state index in [1.54, 1.807) is 27.9 Å². The molecule has 0 bridgehead atoms. The molecule has 3 aliphatic heterocycles. The molecule has 2 saturated heterocycles. The van der Waals surface area contributed by atoms with E-state index in [0.717, 1.165) is 31.3 Å². The molecule has 1 N–H and O–H groups in total. The van der Waals surface area contributed by atoms with Gasteiger partial charge in [-0.25, -0.2) is 12.8 Å². The maximum Gasteiger partial charge on any atom is 2.00 e. The first-order chi connectivity index (χ1) is 14.4. The van der Waals surface area contributed by atoms with Crippen molar-refractivity contribution < 1.29 is 56.1 Å². The predicted molar refractivity (Wildman–Crippen MR) is 115 cm³/mol. The van der Waals surface area contributed by atoms with E-state index in [-0.39, 0.29) is 45.0 Å². The van der Waals surface area contributed by atoms with Gasteiger partial charge < -0.3 is 26.7 Å². The summed E-state index contributed by atoms with van der Waals surface area (Å²) < 4.78 is 20.2. The minimum absolute atomic E-state index is 0. The summed E-state index contributed by atoms with van der Waals surface area (Å²) in [6, 6.07) is 0. The van der Waals surface area contributed by atoms with Gasteiger partial charge in [0.2, 0.25) is 0 Å². The molecule has 31 heavy (non-hydrogen) atoms. The van der Waals surface area contributed by atoms with Crippen LogP contribution < -0.4 is 0 Å². The van der Waals surface area contributed by atoms with E-state index in [2.05, 4.69) is 20.9 Å². The van der Waals surface area contributed by atoms with Crippen LogP contribution in [0.25, 0.3) is 0 Å². The average Bonchev–Trinajstić information content (AvgIpc) is 3.09. The first-order valence-electron chi connectivity index (χ1n) is 10.0. The molecule has 0 aromatic carbocycles. The number of likely N-dealkylation sites (N-methyl/N-ethyl adjacent to an activating group) is 1. The van der Waals surface area contributed by atoms with Crippen LogP contribution in [0.3, 0.4) is 0 Å². The molecule has 178 valence electrons. The number of rotatable bonds is 2. The van der Waals surface area contributed by atoms with Crippen LogP contribution in [0.5, 0.6) is 0 Å². The molecule has 0 aromatic rings. The summed E-state index contributed by atoms with van der Waals surface area (Å²) in [6.07, 6.45) is 0.744. The molecule has 9 heteroatoms. The Labute approximate surface area is 202 Å². The predicted octanol–water partition coefficient (Wildman–Crippen LogP) is 2.86. The van der Waals surface area contributed by atoms with E-state index in [0.29, 0.717) is 28.6 Å². The van der Waals surface area contributed by atoms with E-state index in [1.807, 2.05) is 6.92 Å². The van der Waals surface area contributed by atoms with E-state index >= 15 is 0 Å². The third-order valence-electron chi connectivity index (χ3n) is 4.34. The number of ether oxygens (including phenoxy) is 3. The number of cyclic esters (lactones) is 1. The Balaban J connectivity index is -0.000000355. The van der Waals surface area contributed by atoms with Gasteiger partial charge in [0.25, 0.3) is 11.8 Å². The maximum atomic E-state index is 11.0. The quantitative estimate of drug-likeness (QED) is 0.222. The number of amides is 2. The minimum atomic E-state index is -0.238. The SMILES string of the molecule is C=C1CC(C)OC1=O.CC1=C(C)C(=O)N(C)C1=O.COCC1(C)COC1.C[CH-]O.[2H][CH2-].[W+2].